The van der Waals surface area contributed by atoms with E-state index in [4.69, 9.17) is 23.3 Å². The number of phosphoric ester groups is 1. The maximum absolute atomic E-state index is 12.9. The van der Waals surface area contributed by atoms with E-state index in [9.17, 15) is 28.9 Å². The number of phosphoric acid groups is 1. The fraction of sp³-hybridized carbons (Fsp3) is 0.603. The molecule has 3 atom stereocenters. The number of unbranched alkanes of at least 4 members (excludes halogenated alkanes) is 14. The summed E-state index contributed by atoms with van der Waals surface area (Å²) in [6, 6.07) is 0. The molecule has 0 aliphatic carbocycles. The van der Waals surface area contributed by atoms with Crippen LogP contribution in [0.3, 0.4) is 0 Å². The molecule has 0 aromatic rings. The van der Waals surface area contributed by atoms with E-state index in [0.29, 0.717) is 19.3 Å². The average Bonchev–Trinajstić information content (AvgIpc) is 3.45. The number of rotatable bonds is 55. The fourth-order valence-electron chi connectivity index (χ4n) is 7.68. The zero-order chi connectivity index (χ0) is 58.3. The lowest BCUT2D eigenvalue weighted by atomic mass is 10.1. The Balaban J connectivity index is 4.83. The van der Waals surface area contributed by atoms with Crippen LogP contribution in [0.2, 0.25) is 0 Å². The van der Waals surface area contributed by atoms with Crippen LogP contribution < -0.4 is 0 Å². The van der Waals surface area contributed by atoms with Crippen LogP contribution in [-0.4, -0.2) is 66.5 Å². The Kier molecular flexibility index (Phi) is 56.9. The van der Waals surface area contributed by atoms with Gasteiger partial charge in [-0.05, 0) is 135 Å². The molecule has 0 aliphatic rings. The van der Waals surface area contributed by atoms with Gasteiger partial charge in [-0.3, -0.25) is 23.4 Å². The van der Waals surface area contributed by atoms with Crippen molar-refractivity contribution in [3.63, 3.8) is 0 Å². The summed E-state index contributed by atoms with van der Waals surface area (Å²) in [4.78, 5) is 48.7. The van der Waals surface area contributed by atoms with Crippen LogP contribution in [0, 0.1) is 0 Å². The SMILES string of the molecule is CC/C=C\C/C=C\C/C=C\C/C=C\CCCCCCCCC(=O)OC(COC(=O)CCCCCC/C=C\C/C=C\C/C=C\C/C=C\CC)COP(=O)(O)OCC(CO)OC(=O)CCCCCC/C=C\C/C=C\C/C=C\C/C=C\CC. The summed E-state index contributed by atoms with van der Waals surface area (Å²) in [7, 11) is -4.78. The van der Waals surface area contributed by atoms with Crippen molar-refractivity contribution in [3.8, 4) is 0 Å². The quantitative estimate of drug-likeness (QED) is 0.0197. The second-order valence-electron chi connectivity index (χ2n) is 19.7. The molecule has 0 rings (SSSR count). The van der Waals surface area contributed by atoms with E-state index in [1.165, 1.54) is 0 Å². The van der Waals surface area contributed by atoms with Gasteiger partial charge in [-0.15, -0.1) is 0 Å². The van der Waals surface area contributed by atoms with E-state index in [2.05, 4.69) is 167 Å². The molecule has 0 heterocycles. The van der Waals surface area contributed by atoms with E-state index in [-0.39, 0.29) is 25.9 Å². The monoisotopic (exact) mass is 1130 g/mol. The van der Waals surface area contributed by atoms with Gasteiger partial charge in [0, 0.05) is 19.3 Å². The van der Waals surface area contributed by atoms with E-state index in [0.717, 1.165) is 167 Å². The molecular weight excluding hydrogens is 1020 g/mol. The molecule has 80 heavy (non-hydrogen) atoms. The Morgan fingerprint density at radius 3 is 0.938 bits per heavy atom. The first kappa shape index (κ1) is 75.4. The maximum Gasteiger partial charge on any atom is 0.472 e. The summed E-state index contributed by atoms with van der Waals surface area (Å²) in [5.74, 6) is -1.55. The van der Waals surface area contributed by atoms with Gasteiger partial charge in [-0.1, -0.05) is 218 Å². The number of hydrogen-bond acceptors (Lipinski definition) is 10. The number of carbonyl (C=O) groups is 3. The zero-order valence-electron chi connectivity index (χ0n) is 50.0. The largest absolute Gasteiger partial charge is 0.472 e. The molecule has 11 nitrogen and oxygen atoms in total. The summed E-state index contributed by atoms with van der Waals surface area (Å²) in [6.07, 6.45) is 77.9. The molecule has 0 radical (unpaired) electrons. The van der Waals surface area contributed by atoms with Crippen LogP contribution in [0.4, 0.5) is 0 Å². The number of ether oxygens (including phenoxy) is 3. The fourth-order valence-corrected chi connectivity index (χ4v) is 8.47. The molecule has 0 spiro atoms. The molecule has 2 N–H and O–H groups in total. The average molecular weight is 1130 g/mol. The van der Waals surface area contributed by atoms with Gasteiger partial charge < -0.3 is 24.2 Å². The Morgan fingerprint density at radius 1 is 0.350 bits per heavy atom. The highest BCUT2D eigenvalue weighted by molar-refractivity contribution is 7.47. The van der Waals surface area contributed by atoms with Gasteiger partial charge in [0.2, 0.25) is 0 Å². The van der Waals surface area contributed by atoms with Crippen LogP contribution in [0.25, 0.3) is 0 Å². The lowest BCUT2D eigenvalue weighted by Crippen LogP contribution is -2.30. The second-order valence-corrected chi connectivity index (χ2v) is 21.2. The van der Waals surface area contributed by atoms with Gasteiger partial charge in [0.1, 0.15) is 12.7 Å². The lowest BCUT2D eigenvalue weighted by molar-refractivity contribution is -0.161. The number of aliphatic hydroxyl groups excluding tert-OH is 1. The van der Waals surface area contributed by atoms with Crippen molar-refractivity contribution >= 4 is 25.7 Å². The lowest BCUT2D eigenvalue weighted by Gasteiger charge is -2.21. The van der Waals surface area contributed by atoms with Crippen molar-refractivity contribution in [1.82, 2.24) is 0 Å². The van der Waals surface area contributed by atoms with E-state index in [1.807, 2.05) is 0 Å². The first-order valence-electron chi connectivity index (χ1n) is 30.7. The topological polar surface area (TPSA) is 155 Å². The van der Waals surface area contributed by atoms with Crippen LogP contribution in [-0.2, 0) is 42.2 Å². The van der Waals surface area contributed by atoms with Crippen molar-refractivity contribution in [2.45, 2.75) is 238 Å². The molecule has 0 amide bonds. The molecule has 0 aromatic carbocycles. The van der Waals surface area contributed by atoms with Gasteiger partial charge in [0.25, 0.3) is 0 Å². The summed E-state index contributed by atoms with van der Waals surface area (Å²) < 4.78 is 39.6. The normalized spacial score (nSPS) is 14.3. The third-order valence-corrected chi connectivity index (χ3v) is 13.2. The first-order chi connectivity index (χ1) is 39.2. The molecule has 0 fully saturated rings. The molecule has 0 aliphatic heterocycles. The zero-order valence-corrected chi connectivity index (χ0v) is 50.9. The number of allylic oxidation sites excluding steroid dienone is 24. The highest BCUT2D eigenvalue weighted by Gasteiger charge is 2.28. The Labute approximate surface area is 486 Å². The van der Waals surface area contributed by atoms with E-state index < -0.39 is 57.8 Å². The minimum Gasteiger partial charge on any atom is -0.462 e. The summed E-state index contributed by atoms with van der Waals surface area (Å²) in [5.41, 5.74) is 0. The minimum atomic E-state index is -4.78. The van der Waals surface area contributed by atoms with Gasteiger partial charge in [-0.2, -0.15) is 0 Å². The standard InChI is InChI=1S/C68H109O11P/c1-4-7-10-13-16-19-22-25-28-31-32-35-38-41-44-47-50-53-56-59-68(72)79-65(61-75-66(70)57-54-51-48-45-42-39-36-33-29-26-23-20-17-14-11-8-5-2)63-77-80(73,74)76-62-64(60-69)78-67(71)58-55-52-49-46-43-40-37-34-30-27-24-21-18-15-12-9-6-3/h7-12,16-21,25-30,32,35-37,39-40,64-65,69H,4-6,13-15,22-24,31,33-34,38,41-63H2,1-3H3,(H,73,74)/b10-7-,11-8-,12-9-,19-16-,20-17-,21-18-,28-25-,29-26-,30-27-,35-32-,39-36-,40-37-. The van der Waals surface area contributed by atoms with Crippen molar-refractivity contribution < 1.29 is 52.2 Å². The highest BCUT2D eigenvalue weighted by atomic mass is 31.2. The van der Waals surface area contributed by atoms with E-state index >= 15 is 0 Å². The number of hydrogen-bond donors (Lipinski definition) is 2. The van der Waals surface area contributed by atoms with Crippen LogP contribution in [0.5, 0.6) is 0 Å². The minimum absolute atomic E-state index is 0.135. The Morgan fingerprint density at radius 2 is 0.613 bits per heavy atom. The van der Waals surface area contributed by atoms with Gasteiger partial charge in [-0.25, -0.2) is 4.57 Å². The predicted molar refractivity (Wildman–Crippen MR) is 334 cm³/mol. The second kappa shape index (κ2) is 60.5. The maximum atomic E-state index is 12.9. The molecule has 0 saturated heterocycles. The third kappa shape index (κ3) is 58.0. The van der Waals surface area contributed by atoms with Crippen molar-refractivity contribution in [3.05, 3.63) is 146 Å². The summed E-state index contributed by atoms with van der Waals surface area (Å²) >= 11 is 0. The molecule has 0 saturated carbocycles. The smallest absolute Gasteiger partial charge is 0.462 e. The van der Waals surface area contributed by atoms with Gasteiger partial charge >= 0.3 is 25.7 Å². The van der Waals surface area contributed by atoms with Crippen LogP contribution in [0.1, 0.15) is 226 Å². The van der Waals surface area contributed by atoms with Crippen molar-refractivity contribution in [2.75, 3.05) is 26.4 Å². The Bertz CT molecular complexity index is 1900. The third-order valence-electron chi connectivity index (χ3n) is 12.2. The van der Waals surface area contributed by atoms with Crippen LogP contribution >= 0.6 is 7.82 Å². The molecule has 452 valence electrons. The summed E-state index contributed by atoms with van der Waals surface area (Å²) in [5, 5.41) is 9.84. The van der Waals surface area contributed by atoms with E-state index in [1.54, 1.807) is 0 Å². The molecule has 3 unspecified atom stereocenters. The number of aliphatic hydroxyl groups is 1. The van der Waals surface area contributed by atoms with Crippen molar-refractivity contribution in [1.29, 1.82) is 0 Å². The number of carbonyl (C=O) groups excluding carboxylic acids is 3. The Hall–Kier alpha value is -4.64. The first-order valence-corrected chi connectivity index (χ1v) is 32.2. The summed E-state index contributed by atoms with van der Waals surface area (Å²) in [6.45, 7) is 4.22. The predicted octanol–water partition coefficient (Wildman–Crippen LogP) is 18.7. The number of esters is 3. The van der Waals surface area contributed by atoms with Gasteiger partial charge in [0.05, 0.1) is 19.8 Å². The van der Waals surface area contributed by atoms with Gasteiger partial charge in [0.15, 0.2) is 6.10 Å². The highest BCUT2D eigenvalue weighted by Crippen LogP contribution is 2.43. The molecule has 0 aromatic heterocycles. The van der Waals surface area contributed by atoms with Crippen LogP contribution in [0.15, 0.2) is 146 Å². The molecular formula is C68H109O11P. The van der Waals surface area contributed by atoms with Crippen molar-refractivity contribution in [2.24, 2.45) is 0 Å². The molecule has 0 bridgehead atoms. The molecule has 12 heteroatoms.